The minimum Gasteiger partial charge on any atom is -0.383 e. The summed E-state index contributed by atoms with van der Waals surface area (Å²) in [5, 5.41) is 2.57. The monoisotopic (exact) mass is 272 g/mol. The van der Waals surface area contributed by atoms with Gasteiger partial charge in [0.1, 0.15) is 6.04 Å². The van der Waals surface area contributed by atoms with Crippen LogP contribution in [0.2, 0.25) is 0 Å². The van der Waals surface area contributed by atoms with Crippen molar-refractivity contribution >= 4 is 21.4 Å². The number of hydrogen-bond donors (Lipinski definition) is 2. The van der Waals surface area contributed by atoms with Crippen molar-refractivity contribution in [3.05, 3.63) is 24.3 Å². The molecule has 1 amide bonds. The number of sulfone groups is 1. The fourth-order valence-corrected chi connectivity index (χ4v) is 1.91. The second kappa shape index (κ2) is 5.94. The van der Waals surface area contributed by atoms with Crippen LogP contribution >= 0.6 is 0 Å². The van der Waals surface area contributed by atoms with Crippen LogP contribution in [0.1, 0.15) is 0 Å². The van der Waals surface area contributed by atoms with Crippen molar-refractivity contribution in [1.82, 2.24) is 0 Å². The average molecular weight is 272 g/mol. The van der Waals surface area contributed by atoms with Gasteiger partial charge in [-0.05, 0) is 24.3 Å². The van der Waals surface area contributed by atoms with E-state index >= 15 is 0 Å². The van der Waals surface area contributed by atoms with E-state index in [0.29, 0.717) is 5.69 Å². The number of nitrogens with one attached hydrogen (secondary N) is 1. The van der Waals surface area contributed by atoms with Crippen LogP contribution in [0.5, 0.6) is 0 Å². The van der Waals surface area contributed by atoms with E-state index in [1.807, 2.05) is 0 Å². The van der Waals surface area contributed by atoms with E-state index in [1.165, 1.54) is 31.4 Å². The van der Waals surface area contributed by atoms with Crippen molar-refractivity contribution in [2.24, 2.45) is 5.73 Å². The van der Waals surface area contributed by atoms with Crippen LogP contribution in [0, 0.1) is 0 Å². The van der Waals surface area contributed by atoms with Gasteiger partial charge in [0, 0.05) is 19.1 Å². The Morgan fingerprint density at radius 3 is 2.39 bits per heavy atom. The zero-order valence-electron chi connectivity index (χ0n) is 10.2. The molecule has 0 aliphatic heterocycles. The first-order valence-electron chi connectivity index (χ1n) is 5.20. The van der Waals surface area contributed by atoms with Crippen LogP contribution < -0.4 is 11.1 Å². The number of anilines is 1. The molecule has 1 atom stereocenters. The first-order chi connectivity index (χ1) is 8.34. The van der Waals surface area contributed by atoms with Crippen molar-refractivity contribution in [2.45, 2.75) is 10.9 Å². The highest BCUT2D eigenvalue weighted by Crippen LogP contribution is 2.13. The molecule has 18 heavy (non-hydrogen) atoms. The molecule has 0 aliphatic rings. The number of hydrogen-bond acceptors (Lipinski definition) is 5. The standard InChI is InChI=1S/C11H16N2O4S/c1-17-7-10(12)11(14)13-8-3-5-9(6-4-8)18(2,15)16/h3-6,10H,7,12H2,1-2H3,(H,13,14). The molecular weight excluding hydrogens is 256 g/mol. The van der Waals surface area contributed by atoms with E-state index in [9.17, 15) is 13.2 Å². The molecule has 0 saturated carbocycles. The third kappa shape index (κ3) is 4.10. The molecule has 3 N–H and O–H groups in total. The fourth-order valence-electron chi connectivity index (χ4n) is 1.28. The van der Waals surface area contributed by atoms with Crippen molar-refractivity contribution in [3.8, 4) is 0 Å². The summed E-state index contributed by atoms with van der Waals surface area (Å²) in [5.41, 5.74) is 6.03. The summed E-state index contributed by atoms with van der Waals surface area (Å²) in [4.78, 5) is 11.7. The minimum absolute atomic E-state index is 0.118. The molecule has 0 fully saturated rings. The topological polar surface area (TPSA) is 98.5 Å². The third-order valence-corrected chi connectivity index (χ3v) is 3.36. The summed E-state index contributed by atoms with van der Waals surface area (Å²) >= 11 is 0. The molecule has 6 nitrogen and oxygen atoms in total. The molecule has 0 bridgehead atoms. The lowest BCUT2D eigenvalue weighted by Gasteiger charge is -2.11. The summed E-state index contributed by atoms with van der Waals surface area (Å²) in [7, 11) is -1.78. The summed E-state index contributed by atoms with van der Waals surface area (Å²) in [6.07, 6.45) is 1.12. The van der Waals surface area contributed by atoms with E-state index in [0.717, 1.165) is 6.26 Å². The first kappa shape index (κ1) is 14.6. The molecule has 1 unspecified atom stereocenters. The van der Waals surface area contributed by atoms with Crippen LogP contribution in [0.4, 0.5) is 5.69 Å². The molecule has 0 heterocycles. The van der Waals surface area contributed by atoms with Gasteiger partial charge in [0.25, 0.3) is 0 Å². The lowest BCUT2D eigenvalue weighted by atomic mass is 10.2. The van der Waals surface area contributed by atoms with E-state index < -0.39 is 15.9 Å². The Kier molecular flexibility index (Phi) is 4.83. The summed E-state index contributed by atoms with van der Waals surface area (Å²) < 4.78 is 27.2. The number of ether oxygens (including phenoxy) is 1. The maximum Gasteiger partial charge on any atom is 0.243 e. The molecule has 0 aromatic heterocycles. The molecule has 1 rings (SSSR count). The highest BCUT2D eigenvalue weighted by atomic mass is 32.2. The van der Waals surface area contributed by atoms with Gasteiger partial charge in [-0.1, -0.05) is 0 Å². The Hall–Kier alpha value is -1.44. The summed E-state index contributed by atoms with van der Waals surface area (Å²) in [6.45, 7) is 0.118. The van der Waals surface area contributed by atoms with E-state index in [-0.39, 0.29) is 17.4 Å². The van der Waals surface area contributed by atoms with E-state index in [1.54, 1.807) is 0 Å². The molecule has 7 heteroatoms. The second-order valence-corrected chi connectivity index (χ2v) is 5.86. The Morgan fingerprint density at radius 2 is 1.94 bits per heavy atom. The smallest absolute Gasteiger partial charge is 0.243 e. The largest absolute Gasteiger partial charge is 0.383 e. The van der Waals surface area contributed by atoms with Gasteiger partial charge in [0.2, 0.25) is 5.91 Å². The Labute approximate surface area is 106 Å². The number of amides is 1. The number of methoxy groups -OCH3 is 1. The second-order valence-electron chi connectivity index (χ2n) is 3.85. The molecule has 1 aromatic rings. The molecule has 0 saturated heterocycles. The maximum absolute atomic E-state index is 11.5. The maximum atomic E-state index is 11.5. The van der Waals surface area contributed by atoms with Crippen LogP contribution in [0.15, 0.2) is 29.2 Å². The molecule has 1 aromatic carbocycles. The Balaban J connectivity index is 2.73. The molecular formula is C11H16N2O4S. The van der Waals surface area contributed by atoms with Crippen LogP contribution in [-0.2, 0) is 19.4 Å². The first-order valence-corrected chi connectivity index (χ1v) is 7.09. The van der Waals surface area contributed by atoms with Gasteiger partial charge in [-0.2, -0.15) is 0 Å². The van der Waals surface area contributed by atoms with Crippen molar-refractivity contribution in [2.75, 3.05) is 25.3 Å². The van der Waals surface area contributed by atoms with Gasteiger partial charge in [-0.15, -0.1) is 0 Å². The summed E-state index contributed by atoms with van der Waals surface area (Å²) in [6, 6.07) is 5.10. The third-order valence-electron chi connectivity index (χ3n) is 2.23. The van der Waals surface area contributed by atoms with Crippen molar-refractivity contribution in [3.63, 3.8) is 0 Å². The number of nitrogens with two attached hydrogens (primary N) is 1. The van der Waals surface area contributed by atoms with Crippen LogP contribution in [-0.4, -0.2) is 40.3 Å². The number of rotatable bonds is 5. The normalized spacial score (nSPS) is 13.1. The zero-order chi connectivity index (χ0) is 13.8. The number of carbonyl (C=O) groups is 1. The summed E-state index contributed by atoms with van der Waals surface area (Å²) in [5.74, 6) is -0.385. The average Bonchev–Trinajstić information content (AvgIpc) is 2.28. The van der Waals surface area contributed by atoms with Gasteiger partial charge in [-0.3, -0.25) is 4.79 Å². The molecule has 0 radical (unpaired) electrons. The van der Waals surface area contributed by atoms with E-state index in [4.69, 9.17) is 10.5 Å². The molecule has 0 aliphatic carbocycles. The lowest BCUT2D eigenvalue weighted by molar-refractivity contribution is -0.118. The highest BCUT2D eigenvalue weighted by Gasteiger charge is 2.13. The Bertz CT molecular complexity index is 510. The number of benzene rings is 1. The van der Waals surface area contributed by atoms with Gasteiger partial charge in [0.15, 0.2) is 9.84 Å². The van der Waals surface area contributed by atoms with E-state index in [2.05, 4.69) is 5.32 Å². The molecule has 0 spiro atoms. The predicted octanol–water partition coefficient (Wildman–Crippen LogP) is 0.00230. The Morgan fingerprint density at radius 1 is 1.39 bits per heavy atom. The quantitative estimate of drug-likeness (QED) is 0.786. The lowest BCUT2D eigenvalue weighted by Crippen LogP contribution is -2.39. The van der Waals surface area contributed by atoms with Crippen LogP contribution in [0.25, 0.3) is 0 Å². The SMILES string of the molecule is COCC(N)C(=O)Nc1ccc(S(C)(=O)=O)cc1. The minimum atomic E-state index is -3.23. The fraction of sp³-hybridized carbons (Fsp3) is 0.364. The molecule has 100 valence electrons. The predicted molar refractivity (Wildman–Crippen MR) is 68.0 cm³/mol. The van der Waals surface area contributed by atoms with Gasteiger partial charge in [-0.25, -0.2) is 8.42 Å². The van der Waals surface area contributed by atoms with Crippen LogP contribution in [0.3, 0.4) is 0 Å². The van der Waals surface area contributed by atoms with Gasteiger partial charge >= 0.3 is 0 Å². The number of carbonyl (C=O) groups excluding carboxylic acids is 1. The zero-order valence-corrected chi connectivity index (χ0v) is 11.0. The van der Waals surface area contributed by atoms with Crippen molar-refractivity contribution < 1.29 is 17.9 Å². The van der Waals surface area contributed by atoms with Gasteiger partial charge < -0.3 is 15.8 Å². The highest BCUT2D eigenvalue weighted by molar-refractivity contribution is 7.90. The van der Waals surface area contributed by atoms with Gasteiger partial charge in [0.05, 0.1) is 11.5 Å². The van der Waals surface area contributed by atoms with Crippen molar-refractivity contribution in [1.29, 1.82) is 0 Å².